The molecule has 0 spiro atoms. The first-order chi connectivity index (χ1) is 11.2. The average molecular weight is 320 g/mol. The fraction of sp³-hybridized carbons (Fsp3) is 0.467. The molecule has 0 bridgehead atoms. The molecule has 8 nitrogen and oxygen atoms in total. The van der Waals surface area contributed by atoms with Crippen LogP contribution in [0.3, 0.4) is 0 Å². The van der Waals surface area contributed by atoms with E-state index in [9.17, 15) is 15.0 Å². The first kappa shape index (κ1) is 14.3. The van der Waals surface area contributed by atoms with Crippen LogP contribution in [0.25, 0.3) is 11.0 Å². The summed E-state index contributed by atoms with van der Waals surface area (Å²) in [7, 11) is 0. The van der Waals surface area contributed by atoms with E-state index >= 15 is 0 Å². The summed E-state index contributed by atoms with van der Waals surface area (Å²) in [5.41, 5.74) is 1.15. The summed E-state index contributed by atoms with van der Waals surface area (Å²) in [6, 6.07) is 1.52. The van der Waals surface area contributed by atoms with Gasteiger partial charge in [0.1, 0.15) is 36.7 Å². The van der Waals surface area contributed by atoms with Gasteiger partial charge in [-0.25, -0.2) is 9.78 Å². The van der Waals surface area contributed by atoms with E-state index in [1.807, 2.05) is 0 Å². The minimum atomic E-state index is -1.09. The lowest BCUT2D eigenvalue weighted by Crippen LogP contribution is -2.31. The zero-order chi connectivity index (χ0) is 16.0. The maximum atomic E-state index is 11.6. The van der Waals surface area contributed by atoms with Crippen LogP contribution in [0.15, 0.2) is 6.07 Å². The van der Waals surface area contributed by atoms with Gasteiger partial charge >= 0.3 is 5.97 Å². The van der Waals surface area contributed by atoms with Gasteiger partial charge in [-0.05, 0) is 12.5 Å². The van der Waals surface area contributed by atoms with Crippen molar-refractivity contribution in [2.24, 2.45) is 0 Å². The summed E-state index contributed by atoms with van der Waals surface area (Å²) < 4.78 is 18.3. The fourth-order valence-electron chi connectivity index (χ4n) is 2.94. The molecule has 0 aliphatic carbocycles. The summed E-state index contributed by atoms with van der Waals surface area (Å²) in [5.74, 6) is -0.110. The molecule has 1 aromatic heterocycles. The molecule has 2 aromatic rings. The highest BCUT2D eigenvalue weighted by Gasteiger charge is 2.29. The molecule has 0 saturated carbocycles. The number of hydrogen-bond acceptors (Lipinski definition) is 6. The Morgan fingerprint density at radius 1 is 1.30 bits per heavy atom. The molecule has 1 aromatic carbocycles. The number of carboxylic acid groups (broad SMARTS) is 1. The standard InChI is InChI=1S/C15H16N2O6/c18-7-11-16-12-10(17(11)6-8-1-2-21-8)5-9(15(19)20)13-14(12)23-4-3-22-13/h5,8,18H,1-4,6-7H2,(H,19,20)/t8-/m0/s1. The van der Waals surface area contributed by atoms with Crippen LogP contribution in [0.2, 0.25) is 0 Å². The van der Waals surface area contributed by atoms with Gasteiger partial charge in [0, 0.05) is 6.61 Å². The molecule has 3 heterocycles. The van der Waals surface area contributed by atoms with Gasteiger partial charge in [0.2, 0.25) is 0 Å². The second-order valence-corrected chi connectivity index (χ2v) is 5.53. The number of fused-ring (bicyclic) bond motifs is 3. The van der Waals surface area contributed by atoms with Crippen molar-refractivity contribution >= 4 is 17.0 Å². The first-order valence-corrected chi connectivity index (χ1v) is 7.46. The molecular formula is C15H16N2O6. The van der Waals surface area contributed by atoms with Crippen molar-refractivity contribution in [2.75, 3.05) is 19.8 Å². The van der Waals surface area contributed by atoms with Crippen LogP contribution in [0.1, 0.15) is 22.6 Å². The lowest BCUT2D eigenvalue weighted by molar-refractivity contribution is -0.0593. The topological polar surface area (TPSA) is 103 Å². The van der Waals surface area contributed by atoms with Crippen LogP contribution in [0.4, 0.5) is 0 Å². The van der Waals surface area contributed by atoms with Gasteiger partial charge in [-0.2, -0.15) is 0 Å². The van der Waals surface area contributed by atoms with E-state index in [1.165, 1.54) is 6.07 Å². The highest BCUT2D eigenvalue weighted by molar-refractivity contribution is 5.99. The van der Waals surface area contributed by atoms with E-state index in [2.05, 4.69) is 4.98 Å². The molecule has 4 rings (SSSR count). The normalized spacial score (nSPS) is 19.6. The number of aromatic carboxylic acids is 1. The molecule has 23 heavy (non-hydrogen) atoms. The van der Waals surface area contributed by atoms with Crippen LogP contribution in [0, 0.1) is 0 Å². The third-order valence-electron chi connectivity index (χ3n) is 4.16. The second-order valence-electron chi connectivity index (χ2n) is 5.53. The third kappa shape index (κ3) is 2.22. The summed E-state index contributed by atoms with van der Waals surface area (Å²) in [5, 5.41) is 19.0. The van der Waals surface area contributed by atoms with Gasteiger partial charge in [-0.15, -0.1) is 0 Å². The number of hydrogen-bond donors (Lipinski definition) is 2. The number of aliphatic hydroxyl groups is 1. The van der Waals surface area contributed by atoms with Crippen LogP contribution < -0.4 is 9.47 Å². The van der Waals surface area contributed by atoms with Gasteiger partial charge in [-0.3, -0.25) is 0 Å². The number of ether oxygens (including phenoxy) is 3. The Bertz CT molecular complexity index is 780. The molecule has 1 saturated heterocycles. The molecule has 0 radical (unpaired) electrons. The third-order valence-corrected chi connectivity index (χ3v) is 4.16. The average Bonchev–Trinajstić information content (AvgIpc) is 2.87. The molecule has 2 aliphatic heterocycles. The predicted molar refractivity (Wildman–Crippen MR) is 78.0 cm³/mol. The molecule has 2 aliphatic rings. The largest absolute Gasteiger partial charge is 0.485 e. The zero-order valence-electron chi connectivity index (χ0n) is 12.3. The van der Waals surface area contributed by atoms with Crippen molar-refractivity contribution in [1.82, 2.24) is 9.55 Å². The number of carbonyl (C=O) groups is 1. The molecule has 0 amide bonds. The predicted octanol–water partition coefficient (Wildman–Crippen LogP) is 0.787. The van der Waals surface area contributed by atoms with E-state index in [4.69, 9.17) is 14.2 Å². The van der Waals surface area contributed by atoms with Crippen molar-refractivity contribution in [3.05, 3.63) is 17.5 Å². The van der Waals surface area contributed by atoms with Crippen molar-refractivity contribution < 1.29 is 29.2 Å². The van der Waals surface area contributed by atoms with E-state index in [0.717, 1.165) is 13.0 Å². The van der Waals surface area contributed by atoms with Gasteiger partial charge < -0.3 is 29.0 Å². The van der Waals surface area contributed by atoms with Gasteiger partial charge in [0.25, 0.3) is 0 Å². The van der Waals surface area contributed by atoms with Gasteiger partial charge in [0.05, 0.1) is 18.2 Å². The molecule has 0 unspecified atom stereocenters. The molecular weight excluding hydrogens is 304 g/mol. The number of benzene rings is 1. The Balaban J connectivity index is 1.94. The number of imidazole rings is 1. The van der Waals surface area contributed by atoms with E-state index in [-0.39, 0.29) is 24.0 Å². The Morgan fingerprint density at radius 2 is 2.04 bits per heavy atom. The Kier molecular flexibility index (Phi) is 3.35. The van der Waals surface area contributed by atoms with Crippen molar-refractivity contribution in [2.45, 2.75) is 25.7 Å². The quantitative estimate of drug-likeness (QED) is 0.858. The maximum Gasteiger partial charge on any atom is 0.339 e. The Labute approximate surface area is 131 Å². The molecule has 8 heteroatoms. The van der Waals surface area contributed by atoms with Crippen molar-refractivity contribution in [1.29, 1.82) is 0 Å². The first-order valence-electron chi connectivity index (χ1n) is 7.46. The lowest BCUT2D eigenvalue weighted by Gasteiger charge is -2.27. The van der Waals surface area contributed by atoms with Crippen molar-refractivity contribution in [3.8, 4) is 11.5 Å². The van der Waals surface area contributed by atoms with E-state index in [1.54, 1.807) is 4.57 Å². The number of nitrogens with zero attached hydrogens (tertiary/aromatic N) is 2. The Hall–Kier alpha value is -2.32. The molecule has 2 N–H and O–H groups in total. The summed E-state index contributed by atoms with van der Waals surface area (Å²) in [4.78, 5) is 16.0. The summed E-state index contributed by atoms with van der Waals surface area (Å²) in [6.07, 6.45) is 0.986. The van der Waals surface area contributed by atoms with Crippen LogP contribution >= 0.6 is 0 Å². The minimum absolute atomic E-state index is 0.0346. The van der Waals surface area contributed by atoms with Gasteiger partial charge in [-0.1, -0.05) is 0 Å². The minimum Gasteiger partial charge on any atom is -0.485 e. The van der Waals surface area contributed by atoms with Crippen LogP contribution in [-0.4, -0.2) is 51.7 Å². The molecule has 1 atom stereocenters. The van der Waals surface area contributed by atoms with Crippen molar-refractivity contribution in [3.63, 3.8) is 0 Å². The smallest absolute Gasteiger partial charge is 0.339 e. The van der Waals surface area contributed by atoms with Crippen LogP contribution in [-0.2, 0) is 17.9 Å². The summed E-state index contributed by atoms with van der Waals surface area (Å²) >= 11 is 0. The second kappa shape index (κ2) is 5.39. The van der Waals surface area contributed by atoms with Crippen LogP contribution in [0.5, 0.6) is 11.5 Å². The zero-order valence-corrected chi connectivity index (χ0v) is 12.3. The monoisotopic (exact) mass is 320 g/mol. The number of carboxylic acids is 1. The SMILES string of the molecule is O=C(O)c1cc2c(nc(CO)n2C[C@@H]2CCO2)c2c1OCCO2. The van der Waals surface area contributed by atoms with E-state index < -0.39 is 5.97 Å². The number of rotatable bonds is 4. The number of aliphatic hydroxyl groups excluding tert-OH is 1. The lowest BCUT2D eigenvalue weighted by atomic mass is 10.1. The molecule has 122 valence electrons. The van der Waals surface area contributed by atoms with Gasteiger partial charge in [0.15, 0.2) is 11.5 Å². The highest BCUT2D eigenvalue weighted by atomic mass is 16.6. The molecule has 1 fully saturated rings. The Morgan fingerprint density at radius 3 is 2.65 bits per heavy atom. The highest BCUT2D eigenvalue weighted by Crippen LogP contribution is 2.41. The van der Waals surface area contributed by atoms with E-state index in [0.29, 0.717) is 42.4 Å². The summed E-state index contributed by atoms with van der Waals surface area (Å²) in [6.45, 7) is 1.61. The number of aromatic nitrogens is 2. The maximum absolute atomic E-state index is 11.6. The fourth-order valence-corrected chi connectivity index (χ4v) is 2.94.